The van der Waals surface area contributed by atoms with Gasteiger partial charge in [0.2, 0.25) is 5.95 Å². The summed E-state index contributed by atoms with van der Waals surface area (Å²) >= 11 is 6.10. The summed E-state index contributed by atoms with van der Waals surface area (Å²) in [5.41, 5.74) is 3.72. The molecule has 0 atom stereocenters. The van der Waals surface area contributed by atoms with Gasteiger partial charge >= 0.3 is 0 Å². The predicted molar refractivity (Wildman–Crippen MR) is 115 cm³/mol. The third-order valence-corrected chi connectivity index (χ3v) is 5.50. The highest BCUT2D eigenvalue weighted by Gasteiger charge is 2.23. The fraction of sp³-hybridized carbons (Fsp3) is 0.273. The molecule has 0 amide bonds. The molecule has 0 bridgehead atoms. The standard InChI is InChI=1S/C22H21ClN6O/c1-15-7-8-17(13-24-15)21-25-26-22-28(9-2-3-10-29(21)22)14-19-12-20(30-27-19)16-5-4-6-18(23)11-16/h4-8,11-13H,2-3,9-10,14H2,1H3. The molecule has 30 heavy (non-hydrogen) atoms. The van der Waals surface area contributed by atoms with Crippen molar-refractivity contribution in [1.29, 1.82) is 0 Å². The average Bonchev–Trinajstić information content (AvgIpc) is 3.33. The van der Waals surface area contributed by atoms with Crippen LogP contribution in [0.1, 0.15) is 24.2 Å². The van der Waals surface area contributed by atoms with E-state index in [2.05, 4.69) is 29.8 Å². The van der Waals surface area contributed by atoms with Crippen LogP contribution in [-0.2, 0) is 13.1 Å². The maximum atomic E-state index is 6.10. The first-order valence-corrected chi connectivity index (χ1v) is 10.4. The summed E-state index contributed by atoms with van der Waals surface area (Å²) in [6.07, 6.45) is 4.01. The number of halogens is 1. The van der Waals surface area contributed by atoms with E-state index in [1.54, 1.807) is 0 Å². The van der Waals surface area contributed by atoms with Crippen LogP contribution in [-0.4, -0.2) is 31.4 Å². The van der Waals surface area contributed by atoms with Crippen molar-refractivity contribution in [1.82, 2.24) is 24.9 Å². The Balaban J connectivity index is 1.42. The van der Waals surface area contributed by atoms with Gasteiger partial charge in [0, 0.05) is 47.2 Å². The Morgan fingerprint density at radius 2 is 1.93 bits per heavy atom. The third kappa shape index (κ3) is 3.68. The van der Waals surface area contributed by atoms with Gasteiger partial charge in [-0.15, -0.1) is 10.2 Å². The number of aryl methyl sites for hydroxylation is 1. The second-order valence-corrected chi connectivity index (χ2v) is 7.92. The second kappa shape index (κ2) is 7.91. The Hall–Kier alpha value is -3.19. The van der Waals surface area contributed by atoms with Gasteiger partial charge in [-0.25, -0.2) is 0 Å². The van der Waals surface area contributed by atoms with Gasteiger partial charge in [-0.05, 0) is 44.0 Å². The number of aromatic nitrogens is 5. The van der Waals surface area contributed by atoms with Crippen molar-refractivity contribution < 1.29 is 4.52 Å². The molecule has 0 fully saturated rings. The van der Waals surface area contributed by atoms with Crippen molar-refractivity contribution in [3.05, 3.63) is 65.1 Å². The van der Waals surface area contributed by atoms with E-state index in [-0.39, 0.29) is 0 Å². The van der Waals surface area contributed by atoms with Gasteiger partial charge in [0.1, 0.15) is 5.69 Å². The maximum absolute atomic E-state index is 6.10. The second-order valence-electron chi connectivity index (χ2n) is 7.49. The van der Waals surface area contributed by atoms with Gasteiger partial charge < -0.3 is 9.42 Å². The van der Waals surface area contributed by atoms with E-state index in [1.165, 1.54) is 0 Å². The number of benzene rings is 1. The van der Waals surface area contributed by atoms with Gasteiger partial charge in [-0.3, -0.25) is 9.55 Å². The molecule has 1 aliphatic rings. The summed E-state index contributed by atoms with van der Waals surface area (Å²) in [5, 5.41) is 13.9. The summed E-state index contributed by atoms with van der Waals surface area (Å²) in [5.74, 6) is 2.41. The highest BCUT2D eigenvalue weighted by atomic mass is 35.5. The molecule has 7 nitrogen and oxygen atoms in total. The monoisotopic (exact) mass is 420 g/mol. The van der Waals surface area contributed by atoms with E-state index in [1.807, 2.05) is 55.6 Å². The van der Waals surface area contributed by atoms with Crippen LogP contribution in [0.25, 0.3) is 22.7 Å². The number of hydrogen-bond acceptors (Lipinski definition) is 6. The van der Waals surface area contributed by atoms with Crippen LogP contribution in [0, 0.1) is 6.92 Å². The van der Waals surface area contributed by atoms with Crippen LogP contribution in [0.15, 0.2) is 53.2 Å². The van der Waals surface area contributed by atoms with E-state index in [9.17, 15) is 0 Å². The highest BCUT2D eigenvalue weighted by Crippen LogP contribution is 2.28. The highest BCUT2D eigenvalue weighted by molar-refractivity contribution is 6.30. The molecule has 8 heteroatoms. The first-order valence-electron chi connectivity index (χ1n) is 10.00. The molecule has 0 saturated heterocycles. The van der Waals surface area contributed by atoms with Crippen molar-refractivity contribution in [3.8, 4) is 22.7 Å². The van der Waals surface area contributed by atoms with Gasteiger partial charge in [-0.1, -0.05) is 28.9 Å². The summed E-state index contributed by atoms with van der Waals surface area (Å²) in [7, 11) is 0. The Morgan fingerprint density at radius 1 is 1.03 bits per heavy atom. The van der Waals surface area contributed by atoms with E-state index in [4.69, 9.17) is 16.1 Å². The lowest BCUT2D eigenvalue weighted by molar-refractivity contribution is 0.422. The third-order valence-electron chi connectivity index (χ3n) is 5.26. The molecular formula is C22H21ClN6O. The minimum atomic E-state index is 0.606. The summed E-state index contributed by atoms with van der Waals surface area (Å²) in [4.78, 5) is 6.62. The molecule has 0 N–H and O–H groups in total. The largest absolute Gasteiger partial charge is 0.356 e. The van der Waals surface area contributed by atoms with Crippen LogP contribution in [0.2, 0.25) is 5.02 Å². The molecule has 0 saturated carbocycles. The van der Waals surface area contributed by atoms with Crippen molar-refractivity contribution in [3.63, 3.8) is 0 Å². The van der Waals surface area contributed by atoms with Crippen molar-refractivity contribution in [2.75, 3.05) is 11.4 Å². The van der Waals surface area contributed by atoms with Crippen molar-refractivity contribution in [2.24, 2.45) is 0 Å². The molecule has 0 radical (unpaired) electrons. The predicted octanol–water partition coefficient (Wildman–Crippen LogP) is 4.76. The van der Waals surface area contributed by atoms with Crippen LogP contribution in [0.4, 0.5) is 5.95 Å². The number of fused-ring (bicyclic) bond motifs is 1. The summed E-state index contributed by atoms with van der Waals surface area (Å²) in [6.45, 7) is 4.36. The molecule has 4 heterocycles. The zero-order valence-electron chi connectivity index (χ0n) is 16.6. The van der Waals surface area contributed by atoms with Crippen molar-refractivity contribution >= 4 is 17.5 Å². The first kappa shape index (κ1) is 18.8. The van der Waals surface area contributed by atoms with Gasteiger partial charge in [-0.2, -0.15) is 0 Å². The number of pyridine rings is 1. The SMILES string of the molecule is Cc1ccc(-c2nnc3n2CCCCN3Cc2cc(-c3cccc(Cl)c3)on2)cn1. The molecular weight excluding hydrogens is 400 g/mol. The van der Waals surface area contributed by atoms with E-state index < -0.39 is 0 Å². The molecule has 5 rings (SSSR count). The quantitative estimate of drug-likeness (QED) is 0.474. The topological polar surface area (TPSA) is 72.9 Å². The number of anilines is 1. The Labute approximate surface area is 179 Å². The fourth-order valence-corrected chi connectivity index (χ4v) is 3.92. The molecule has 152 valence electrons. The minimum absolute atomic E-state index is 0.606. The lowest BCUT2D eigenvalue weighted by atomic mass is 10.1. The van der Waals surface area contributed by atoms with E-state index >= 15 is 0 Å². The Kier molecular flexibility index (Phi) is 4.96. The molecule has 4 aromatic rings. The normalized spacial score (nSPS) is 13.9. The molecule has 0 aliphatic carbocycles. The molecule has 0 unspecified atom stereocenters. The number of rotatable bonds is 4. The van der Waals surface area contributed by atoms with Crippen LogP contribution < -0.4 is 4.90 Å². The lowest BCUT2D eigenvalue weighted by Crippen LogP contribution is -2.25. The average molecular weight is 421 g/mol. The Morgan fingerprint density at radius 3 is 2.77 bits per heavy atom. The van der Waals surface area contributed by atoms with Crippen LogP contribution in [0.5, 0.6) is 0 Å². The zero-order chi connectivity index (χ0) is 20.5. The summed E-state index contributed by atoms with van der Waals surface area (Å²) in [6, 6.07) is 13.6. The fourth-order valence-electron chi connectivity index (χ4n) is 3.73. The smallest absolute Gasteiger partial charge is 0.227 e. The van der Waals surface area contributed by atoms with E-state index in [0.29, 0.717) is 17.3 Å². The lowest BCUT2D eigenvalue weighted by Gasteiger charge is -2.20. The molecule has 1 aliphatic heterocycles. The van der Waals surface area contributed by atoms with Crippen molar-refractivity contribution in [2.45, 2.75) is 32.9 Å². The minimum Gasteiger partial charge on any atom is -0.356 e. The Bertz CT molecular complexity index is 1170. The van der Waals surface area contributed by atoms with Crippen LogP contribution >= 0.6 is 11.6 Å². The van der Waals surface area contributed by atoms with E-state index in [0.717, 1.165) is 60.2 Å². The zero-order valence-corrected chi connectivity index (χ0v) is 17.4. The molecule has 1 aromatic carbocycles. The van der Waals surface area contributed by atoms with Gasteiger partial charge in [0.05, 0.1) is 6.54 Å². The van der Waals surface area contributed by atoms with Gasteiger partial charge in [0.15, 0.2) is 11.6 Å². The maximum Gasteiger partial charge on any atom is 0.227 e. The molecule has 0 spiro atoms. The first-order chi connectivity index (χ1) is 14.7. The number of nitrogens with zero attached hydrogens (tertiary/aromatic N) is 6. The summed E-state index contributed by atoms with van der Waals surface area (Å²) < 4.78 is 7.74. The van der Waals surface area contributed by atoms with Crippen LogP contribution in [0.3, 0.4) is 0 Å². The van der Waals surface area contributed by atoms with Gasteiger partial charge in [0.25, 0.3) is 0 Å². The molecule has 3 aromatic heterocycles. The number of hydrogen-bond donors (Lipinski definition) is 0.